The molecule has 1 heterocycles. The van der Waals surface area contributed by atoms with E-state index in [9.17, 15) is 0 Å². The van der Waals surface area contributed by atoms with Crippen molar-refractivity contribution in [2.45, 2.75) is 19.0 Å². The van der Waals surface area contributed by atoms with Gasteiger partial charge in [-0.05, 0) is 24.1 Å². The van der Waals surface area contributed by atoms with E-state index in [-0.39, 0.29) is 12.4 Å². The van der Waals surface area contributed by atoms with E-state index < -0.39 is 0 Å². The van der Waals surface area contributed by atoms with E-state index in [1.54, 1.807) is 0 Å². The first-order valence-corrected chi connectivity index (χ1v) is 5.82. The van der Waals surface area contributed by atoms with Gasteiger partial charge in [-0.2, -0.15) is 0 Å². The second-order valence-electron chi connectivity index (χ2n) is 4.03. The Morgan fingerprint density at radius 2 is 2.06 bits per heavy atom. The number of halogens is 3. The SMILES string of the molecule is Cl.N[C@@H]1CCN(Cc2ccc(Cl)c(Cl)c2)C1. The summed E-state index contributed by atoms with van der Waals surface area (Å²) in [4.78, 5) is 2.34. The summed E-state index contributed by atoms with van der Waals surface area (Å²) in [5.74, 6) is 0. The lowest BCUT2D eigenvalue weighted by atomic mass is 10.2. The second-order valence-corrected chi connectivity index (χ2v) is 4.85. The molecule has 0 aliphatic carbocycles. The Balaban J connectivity index is 0.00000128. The lowest BCUT2D eigenvalue weighted by Gasteiger charge is -2.15. The summed E-state index contributed by atoms with van der Waals surface area (Å²) < 4.78 is 0. The predicted octanol–water partition coefficient (Wildman–Crippen LogP) is 2.95. The standard InChI is InChI=1S/C11H14Cl2N2.ClH/c12-10-2-1-8(5-11(10)13)6-15-4-3-9(14)7-15;/h1-2,5,9H,3-4,6-7,14H2;1H/t9-;/m1./s1. The highest BCUT2D eigenvalue weighted by Crippen LogP contribution is 2.23. The molecule has 2 nitrogen and oxygen atoms in total. The van der Waals surface area contributed by atoms with Crippen LogP contribution in [0.25, 0.3) is 0 Å². The van der Waals surface area contributed by atoms with Crippen molar-refractivity contribution in [2.75, 3.05) is 13.1 Å². The summed E-state index contributed by atoms with van der Waals surface area (Å²) in [6.07, 6.45) is 1.08. The molecule has 1 aromatic carbocycles. The summed E-state index contributed by atoms with van der Waals surface area (Å²) in [5.41, 5.74) is 7.04. The number of nitrogens with zero attached hydrogens (tertiary/aromatic N) is 1. The molecule has 16 heavy (non-hydrogen) atoms. The van der Waals surface area contributed by atoms with E-state index >= 15 is 0 Å². The minimum Gasteiger partial charge on any atom is -0.326 e. The molecule has 2 N–H and O–H groups in total. The number of benzene rings is 1. The van der Waals surface area contributed by atoms with Crippen molar-refractivity contribution in [1.82, 2.24) is 4.90 Å². The van der Waals surface area contributed by atoms with Gasteiger partial charge in [-0.1, -0.05) is 29.3 Å². The molecule has 1 aliphatic rings. The van der Waals surface area contributed by atoms with E-state index in [1.165, 1.54) is 5.56 Å². The van der Waals surface area contributed by atoms with Crippen LogP contribution in [-0.4, -0.2) is 24.0 Å². The molecule has 5 heteroatoms. The normalized spacial score (nSPS) is 20.8. The first kappa shape index (κ1) is 14.1. The van der Waals surface area contributed by atoms with Crippen LogP contribution in [0.2, 0.25) is 10.0 Å². The molecular formula is C11H15Cl3N2. The van der Waals surface area contributed by atoms with Crippen LogP contribution >= 0.6 is 35.6 Å². The van der Waals surface area contributed by atoms with E-state index in [0.717, 1.165) is 26.1 Å². The van der Waals surface area contributed by atoms with Gasteiger partial charge in [0.05, 0.1) is 10.0 Å². The van der Waals surface area contributed by atoms with Crippen LogP contribution in [-0.2, 0) is 6.54 Å². The van der Waals surface area contributed by atoms with Gasteiger partial charge in [0.2, 0.25) is 0 Å². The van der Waals surface area contributed by atoms with Crippen molar-refractivity contribution in [3.05, 3.63) is 33.8 Å². The summed E-state index contributed by atoms with van der Waals surface area (Å²) in [6, 6.07) is 6.11. The van der Waals surface area contributed by atoms with Crippen LogP contribution in [0.3, 0.4) is 0 Å². The smallest absolute Gasteiger partial charge is 0.0595 e. The number of nitrogens with two attached hydrogens (primary N) is 1. The van der Waals surface area contributed by atoms with Gasteiger partial charge in [0.1, 0.15) is 0 Å². The number of hydrogen-bond acceptors (Lipinski definition) is 2. The monoisotopic (exact) mass is 280 g/mol. The molecule has 0 amide bonds. The van der Waals surface area contributed by atoms with Gasteiger partial charge >= 0.3 is 0 Å². The van der Waals surface area contributed by atoms with Gasteiger partial charge in [0.25, 0.3) is 0 Å². The Morgan fingerprint density at radius 1 is 1.31 bits per heavy atom. The zero-order chi connectivity index (χ0) is 10.8. The quantitative estimate of drug-likeness (QED) is 0.903. The van der Waals surface area contributed by atoms with Gasteiger partial charge in [-0.15, -0.1) is 12.4 Å². The fourth-order valence-corrected chi connectivity index (χ4v) is 2.22. The Hall–Kier alpha value is 0.01000. The predicted molar refractivity (Wildman–Crippen MR) is 71.6 cm³/mol. The molecule has 1 saturated heterocycles. The maximum atomic E-state index is 5.95. The van der Waals surface area contributed by atoms with Crippen LogP contribution in [0, 0.1) is 0 Å². The average Bonchev–Trinajstić information content (AvgIpc) is 2.58. The van der Waals surface area contributed by atoms with Crippen molar-refractivity contribution < 1.29 is 0 Å². The second kappa shape index (κ2) is 6.08. The summed E-state index contributed by atoms with van der Waals surface area (Å²) in [7, 11) is 0. The molecule has 0 unspecified atom stereocenters. The molecule has 1 fully saturated rings. The van der Waals surface area contributed by atoms with Gasteiger partial charge in [0, 0.05) is 25.7 Å². The fourth-order valence-electron chi connectivity index (χ4n) is 1.90. The first-order chi connectivity index (χ1) is 7.15. The third-order valence-corrected chi connectivity index (χ3v) is 3.44. The Labute approximate surface area is 112 Å². The Kier molecular flexibility index (Phi) is 5.35. The van der Waals surface area contributed by atoms with Crippen molar-refractivity contribution in [3.63, 3.8) is 0 Å². The third-order valence-electron chi connectivity index (χ3n) is 2.70. The van der Waals surface area contributed by atoms with Gasteiger partial charge in [-0.3, -0.25) is 4.90 Å². The molecular weight excluding hydrogens is 266 g/mol. The average molecular weight is 282 g/mol. The molecule has 1 atom stereocenters. The maximum absolute atomic E-state index is 5.95. The van der Waals surface area contributed by atoms with E-state index in [0.29, 0.717) is 16.1 Å². The topological polar surface area (TPSA) is 29.3 Å². The molecule has 90 valence electrons. The lowest BCUT2D eigenvalue weighted by Crippen LogP contribution is -2.26. The van der Waals surface area contributed by atoms with Crippen LogP contribution in [0.4, 0.5) is 0 Å². The largest absolute Gasteiger partial charge is 0.326 e. The van der Waals surface area contributed by atoms with Crippen LogP contribution in [0.5, 0.6) is 0 Å². The van der Waals surface area contributed by atoms with Gasteiger partial charge < -0.3 is 5.73 Å². The van der Waals surface area contributed by atoms with Crippen molar-refractivity contribution in [1.29, 1.82) is 0 Å². The van der Waals surface area contributed by atoms with E-state index in [2.05, 4.69) is 4.90 Å². The molecule has 0 saturated carbocycles. The third kappa shape index (κ3) is 3.51. The lowest BCUT2D eigenvalue weighted by molar-refractivity contribution is 0.327. The van der Waals surface area contributed by atoms with Crippen LogP contribution in [0.1, 0.15) is 12.0 Å². The summed E-state index contributed by atoms with van der Waals surface area (Å²) in [5, 5.41) is 1.23. The highest BCUT2D eigenvalue weighted by atomic mass is 35.5. The number of hydrogen-bond donors (Lipinski definition) is 1. The number of rotatable bonds is 2. The number of likely N-dealkylation sites (tertiary alicyclic amines) is 1. The van der Waals surface area contributed by atoms with Gasteiger partial charge in [0.15, 0.2) is 0 Å². The van der Waals surface area contributed by atoms with E-state index in [1.807, 2.05) is 18.2 Å². The Bertz CT molecular complexity index is 357. The molecule has 0 bridgehead atoms. The zero-order valence-electron chi connectivity index (χ0n) is 8.83. The van der Waals surface area contributed by atoms with Crippen LogP contribution in [0.15, 0.2) is 18.2 Å². The molecule has 0 radical (unpaired) electrons. The maximum Gasteiger partial charge on any atom is 0.0595 e. The highest BCUT2D eigenvalue weighted by Gasteiger charge is 2.18. The molecule has 1 aromatic rings. The van der Waals surface area contributed by atoms with Gasteiger partial charge in [-0.25, -0.2) is 0 Å². The molecule has 2 rings (SSSR count). The van der Waals surface area contributed by atoms with Crippen molar-refractivity contribution in [2.24, 2.45) is 5.73 Å². The molecule has 1 aliphatic heterocycles. The minimum absolute atomic E-state index is 0. The molecule has 0 aromatic heterocycles. The van der Waals surface area contributed by atoms with E-state index in [4.69, 9.17) is 28.9 Å². The Morgan fingerprint density at radius 3 is 2.62 bits per heavy atom. The highest BCUT2D eigenvalue weighted by molar-refractivity contribution is 6.42. The van der Waals surface area contributed by atoms with Crippen molar-refractivity contribution in [3.8, 4) is 0 Å². The molecule has 0 spiro atoms. The minimum atomic E-state index is 0. The first-order valence-electron chi connectivity index (χ1n) is 5.07. The summed E-state index contributed by atoms with van der Waals surface area (Å²) >= 11 is 11.8. The summed E-state index contributed by atoms with van der Waals surface area (Å²) in [6.45, 7) is 2.95. The fraction of sp³-hybridized carbons (Fsp3) is 0.455. The van der Waals surface area contributed by atoms with Crippen LogP contribution < -0.4 is 5.73 Å². The van der Waals surface area contributed by atoms with Crippen molar-refractivity contribution >= 4 is 35.6 Å². The zero-order valence-corrected chi connectivity index (χ0v) is 11.2.